The SMILES string of the molecule is CCCCCc1cccc2c1c(C=C1Oc3cc(O)cc(O)c3C1=O)cn2C. The van der Waals surface area contributed by atoms with Crippen molar-refractivity contribution < 1.29 is 19.7 Å². The number of ether oxygens (including phenoxy) is 1. The number of benzene rings is 2. The van der Waals surface area contributed by atoms with Gasteiger partial charge in [0.25, 0.3) is 0 Å². The highest BCUT2D eigenvalue weighted by atomic mass is 16.5. The summed E-state index contributed by atoms with van der Waals surface area (Å²) in [7, 11) is 1.98. The van der Waals surface area contributed by atoms with Gasteiger partial charge in [-0.3, -0.25) is 4.79 Å². The molecule has 2 N–H and O–H groups in total. The Morgan fingerprint density at radius 1 is 1.18 bits per heavy atom. The second-order valence-corrected chi connectivity index (χ2v) is 7.24. The van der Waals surface area contributed by atoms with Crippen LogP contribution < -0.4 is 4.74 Å². The molecule has 2 aromatic carbocycles. The molecule has 0 unspecified atom stereocenters. The Kier molecular flexibility index (Phi) is 4.59. The van der Waals surface area contributed by atoms with E-state index >= 15 is 0 Å². The molecule has 2 heterocycles. The number of carbonyl (C=O) groups excluding carboxylic acids is 1. The molecule has 0 radical (unpaired) electrons. The van der Waals surface area contributed by atoms with Crippen LogP contribution in [0.5, 0.6) is 17.2 Å². The molecule has 0 spiro atoms. The number of aryl methyl sites for hydroxylation is 2. The highest BCUT2D eigenvalue weighted by Crippen LogP contribution is 2.41. The summed E-state index contributed by atoms with van der Waals surface area (Å²) < 4.78 is 7.71. The lowest BCUT2D eigenvalue weighted by Gasteiger charge is -2.05. The first-order valence-electron chi connectivity index (χ1n) is 9.56. The van der Waals surface area contributed by atoms with Crippen LogP contribution >= 0.6 is 0 Å². The first-order chi connectivity index (χ1) is 13.5. The van der Waals surface area contributed by atoms with E-state index in [0.29, 0.717) is 0 Å². The van der Waals surface area contributed by atoms with Crippen molar-refractivity contribution in [1.82, 2.24) is 4.57 Å². The maximum Gasteiger partial charge on any atom is 0.235 e. The molecular formula is C23H23NO4. The van der Waals surface area contributed by atoms with E-state index in [4.69, 9.17) is 4.74 Å². The van der Waals surface area contributed by atoms with Crippen LogP contribution in [0.25, 0.3) is 17.0 Å². The molecule has 5 nitrogen and oxygen atoms in total. The maximum atomic E-state index is 12.7. The fourth-order valence-corrected chi connectivity index (χ4v) is 3.86. The van der Waals surface area contributed by atoms with Crippen LogP contribution in [-0.4, -0.2) is 20.6 Å². The van der Waals surface area contributed by atoms with Crippen LogP contribution in [0.3, 0.4) is 0 Å². The number of phenolic OH excluding ortho intramolecular Hbond substituents is 2. The van der Waals surface area contributed by atoms with Gasteiger partial charge in [-0.15, -0.1) is 0 Å². The van der Waals surface area contributed by atoms with E-state index in [1.54, 1.807) is 6.08 Å². The fraction of sp³-hybridized carbons (Fsp3) is 0.261. The van der Waals surface area contributed by atoms with E-state index in [2.05, 4.69) is 25.1 Å². The monoisotopic (exact) mass is 377 g/mol. The van der Waals surface area contributed by atoms with Crippen molar-refractivity contribution in [2.75, 3.05) is 0 Å². The number of ketones is 1. The number of hydrogen-bond acceptors (Lipinski definition) is 4. The summed E-state index contributed by atoms with van der Waals surface area (Å²) in [5.41, 5.74) is 3.35. The zero-order valence-corrected chi connectivity index (χ0v) is 16.0. The topological polar surface area (TPSA) is 71.7 Å². The van der Waals surface area contributed by atoms with Crippen LogP contribution in [0.2, 0.25) is 0 Å². The van der Waals surface area contributed by atoms with Gasteiger partial charge in [0, 0.05) is 41.8 Å². The highest BCUT2D eigenvalue weighted by molar-refractivity contribution is 6.16. The lowest BCUT2D eigenvalue weighted by Crippen LogP contribution is -1.98. The average molecular weight is 377 g/mol. The predicted octanol–water partition coefficient (Wildman–Crippen LogP) is 4.94. The Morgan fingerprint density at radius 2 is 2.00 bits per heavy atom. The van der Waals surface area contributed by atoms with Gasteiger partial charge in [0.2, 0.25) is 5.78 Å². The third kappa shape index (κ3) is 3.03. The fourth-order valence-electron chi connectivity index (χ4n) is 3.86. The molecule has 0 bridgehead atoms. The smallest absolute Gasteiger partial charge is 0.235 e. The predicted molar refractivity (Wildman–Crippen MR) is 109 cm³/mol. The van der Waals surface area contributed by atoms with Crippen molar-refractivity contribution in [3.8, 4) is 17.2 Å². The first-order valence-corrected chi connectivity index (χ1v) is 9.56. The summed E-state index contributed by atoms with van der Waals surface area (Å²) >= 11 is 0. The zero-order chi connectivity index (χ0) is 19.8. The van der Waals surface area contributed by atoms with Gasteiger partial charge < -0.3 is 19.5 Å². The number of carbonyl (C=O) groups is 1. The number of nitrogens with zero attached hydrogens (tertiary/aromatic N) is 1. The van der Waals surface area contributed by atoms with Crippen molar-refractivity contribution in [1.29, 1.82) is 0 Å². The van der Waals surface area contributed by atoms with Gasteiger partial charge in [0.1, 0.15) is 22.8 Å². The van der Waals surface area contributed by atoms with Crippen LogP contribution in [0.4, 0.5) is 0 Å². The molecule has 0 saturated heterocycles. The molecule has 0 saturated carbocycles. The molecule has 144 valence electrons. The second-order valence-electron chi connectivity index (χ2n) is 7.24. The molecule has 0 aliphatic carbocycles. The Morgan fingerprint density at radius 3 is 2.79 bits per heavy atom. The molecule has 5 heteroatoms. The van der Waals surface area contributed by atoms with Crippen molar-refractivity contribution in [2.24, 2.45) is 7.05 Å². The van der Waals surface area contributed by atoms with Crippen LogP contribution in [0.1, 0.15) is 47.7 Å². The summed E-state index contributed by atoms with van der Waals surface area (Å²) in [5.74, 6) is -0.480. The summed E-state index contributed by atoms with van der Waals surface area (Å²) in [4.78, 5) is 12.7. The number of fused-ring (bicyclic) bond motifs is 2. The quantitative estimate of drug-likeness (QED) is 0.488. The number of unbranched alkanes of at least 4 members (excludes halogenated alkanes) is 2. The second kappa shape index (κ2) is 7.08. The third-order valence-electron chi connectivity index (χ3n) is 5.20. The zero-order valence-electron chi connectivity index (χ0n) is 16.0. The molecular weight excluding hydrogens is 354 g/mol. The van der Waals surface area contributed by atoms with Crippen molar-refractivity contribution in [3.05, 3.63) is 59.0 Å². The molecule has 28 heavy (non-hydrogen) atoms. The Hall–Kier alpha value is -3.21. The normalized spacial score (nSPS) is 14.6. The third-order valence-corrected chi connectivity index (χ3v) is 5.20. The number of aromatic nitrogens is 1. The molecule has 1 aliphatic heterocycles. The van der Waals surface area contributed by atoms with Gasteiger partial charge in [-0.2, -0.15) is 0 Å². The van der Waals surface area contributed by atoms with E-state index < -0.39 is 0 Å². The molecule has 1 aromatic heterocycles. The molecule has 0 fully saturated rings. The number of allylic oxidation sites excluding steroid dienone is 1. The minimum absolute atomic E-state index is 0.0902. The number of hydrogen-bond donors (Lipinski definition) is 2. The van der Waals surface area contributed by atoms with E-state index in [1.165, 1.54) is 24.5 Å². The minimum Gasteiger partial charge on any atom is -0.508 e. The number of phenols is 2. The Bertz CT molecular complexity index is 1110. The van der Waals surface area contributed by atoms with Gasteiger partial charge in [-0.1, -0.05) is 31.9 Å². The molecule has 3 aromatic rings. The summed E-state index contributed by atoms with van der Waals surface area (Å²) in [5, 5.41) is 20.8. The Balaban J connectivity index is 1.78. The summed E-state index contributed by atoms with van der Waals surface area (Å²) in [6, 6.07) is 8.75. The van der Waals surface area contributed by atoms with Crippen LogP contribution in [0, 0.1) is 0 Å². The van der Waals surface area contributed by atoms with Crippen molar-refractivity contribution in [2.45, 2.75) is 32.6 Å². The van der Waals surface area contributed by atoms with Crippen molar-refractivity contribution in [3.63, 3.8) is 0 Å². The standard InChI is InChI=1S/C23H23NO4/c1-3-4-5-7-14-8-6-9-17-21(14)15(13-24(17)2)10-20-23(27)22-18(26)11-16(25)12-19(22)28-20/h6,8-13,25-26H,3-5,7H2,1-2H3. The van der Waals surface area contributed by atoms with E-state index in [0.717, 1.165) is 35.4 Å². The summed E-state index contributed by atoms with van der Waals surface area (Å²) in [6.45, 7) is 2.19. The number of Topliss-reactive ketones (excluding diaryl/α,β-unsaturated/α-hetero) is 1. The average Bonchev–Trinajstić information content (AvgIpc) is 3.13. The molecule has 0 atom stereocenters. The van der Waals surface area contributed by atoms with Gasteiger partial charge in [-0.25, -0.2) is 0 Å². The lowest BCUT2D eigenvalue weighted by molar-refractivity contribution is 0.101. The van der Waals surface area contributed by atoms with Crippen LogP contribution in [-0.2, 0) is 13.5 Å². The summed E-state index contributed by atoms with van der Waals surface area (Å²) in [6.07, 6.45) is 8.16. The lowest BCUT2D eigenvalue weighted by atomic mass is 10.00. The van der Waals surface area contributed by atoms with E-state index in [1.807, 2.05) is 17.8 Å². The molecule has 4 rings (SSSR count). The van der Waals surface area contributed by atoms with E-state index in [-0.39, 0.29) is 34.4 Å². The van der Waals surface area contributed by atoms with Crippen molar-refractivity contribution >= 4 is 22.8 Å². The molecule has 0 amide bonds. The largest absolute Gasteiger partial charge is 0.508 e. The van der Waals surface area contributed by atoms with Gasteiger partial charge in [0.15, 0.2) is 5.76 Å². The van der Waals surface area contributed by atoms with Gasteiger partial charge in [-0.05, 0) is 30.5 Å². The van der Waals surface area contributed by atoms with Gasteiger partial charge >= 0.3 is 0 Å². The number of rotatable bonds is 5. The highest BCUT2D eigenvalue weighted by Gasteiger charge is 2.31. The first kappa shape index (κ1) is 18.2. The maximum absolute atomic E-state index is 12.7. The Labute approximate surface area is 163 Å². The van der Waals surface area contributed by atoms with E-state index in [9.17, 15) is 15.0 Å². The molecule has 1 aliphatic rings. The number of aromatic hydroxyl groups is 2. The van der Waals surface area contributed by atoms with Crippen LogP contribution in [0.15, 0.2) is 42.3 Å². The van der Waals surface area contributed by atoms with Gasteiger partial charge in [0.05, 0.1) is 0 Å². The minimum atomic E-state index is -0.382.